The van der Waals surface area contributed by atoms with Gasteiger partial charge in [0.05, 0.1) is 6.61 Å². The lowest BCUT2D eigenvalue weighted by Crippen LogP contribution is -2.44. The zero-order chi connectivity index (χ0) is 28.8. The van der Waals surface area contributed by atoms with Gasteiger partial charge in [-0.2, -0.15) is 0 Å². The summed E-state index contributed by atoms with van der Waals surface area (Å²) in [5, 5.41) is 0. The number of ketones is 2. The van der Waals surface area contributed by atoms with Gasteiger partial charge in [0.15, 0.2) is 23.1 Å². The summed E-state index contributed by atoms with van der Waals surface area (Å²) in [6, 6.07) is 14.2. The van der Waals surface area contributed by atoms with Crippen LogP contribution in [-0.2, 0) is 16.2 Å². The van der Waals surface area contributed by atoms with E-state index in [9.17, 15) is 9.59 Å². The second-order valence-corrected chi connectivity index (χ2v) is 13.2. The maximum Gasteiger partial charge on any atom is 0.162 e. The Morgan fingerprint density at radius 3 is 1.98 bits per heavy atom. The van der Waals surface area contributed by atoms with Crippen LogP contribution in [0.3, 0.4) is 0 Å². The average molecular weight is 542 g/mol. The van der Waals surface area contributed by atoms with Gasteiger partial charge in [-0.15, -0.1) is 0 Å². The van der Waals surface area contributed by atoms with Crippen molar-refractivity contribution in [3.8, 4) is 11.5 Å². The first-order chi connectivity index (χ1) is 18.9. The quantitative estimate of drug-likeness (QED) is 0.360. The maximum absolute atomic E-state index is 13.9. The van der Waals surface area contributed by atoms with Gasteiger partial charge in [0, 0.05) is 47.8 Å². The van der Waals surface area contributed by atoms with Crippen LogP contribution < -0.4 is 9.47 Å². The molecule has 0 saturated heterocycles. The monoisotopic (exact) mass is 541 g/mol. The van der Waals surface area contributed by atoms with E-state index in [1.165, 1.54) is 5.56 Å². The van der Waals surface area contributed by atoms with E-state index in [1.54, 1.807) is 0 Å². The van der Waals surface area contributed by atoms with Crippen molar-refractivity contribution in [2.75, 3.05) is 13.2 Å². The van der Waals surface area contributed by atoms with Gasteiger partial charge in [-0.25, -0.2) is 0 Å². The predicted octanol–water partition coefficient (Wildman–Crippen LogP) is 7.68. The van der Waals surface area contributed by atoms with E-state index >= 15 is 0 Å². The Kier molecular flexibility index (Phi) is 7.45. The summed E-state index contributed by atoms with van der Waals surface area (Å²) < 4.78 is 12.3. The standard InChI is InChI=1S/C35H43NO4/c1-8-36-25-17-34(4,5)19-27(37)32(25)31(33-26(36)18-35(6,7)20-28(33)38)24-13-14-29(30(16-24)39-9-2)40-21-23-12-10-11-22(3)15-23/h10-16,31H,8-9,17-21H2,1-7H3. The molecule has 0 radical (unpaired) electrons. The number of ether oxygens (including phenoxy) is 2. The van der Waals surface area contributed by atoms with Gasteiger partial charge in [-0.05, 0) is 67.7 Å². The van der Waals surface area contributed by atoms with Crippen LogP contribution in [0.5, 0.6) is 11.5 Å². The van der Waals surface area contributed by atoms with E-state index in [2.05, 4.69) is 64.6 Å². The third-order valence-corrected chi connectivity index (χ3v) is 8.42. The molecule has 0 unspecified atom stereocenters. The molecule has 40 heavy (non-hydrogen) atoms. The molecule has 212 valence electrons. The third kappa shape index (κ3) is 5.35. The lowest BCUT2D eigenvalue weighted by Gasteiger charge is -2.48. The molecule has 1 heterocycles. The van der Waals surface area contributed by atoms with Crippen molar-refractivity contribution in [1.82, 2.24) is 4.90 Å². The summed E-state index contributed by atoms with van der Waals surface area (Å²) in [7, 11) is 0. The summed E-state index contributed by atoms with van der Waals surface area (Å²) in [4.78, 5) is 30.1. The topological polar surface area (TPSA) is 55.8 Å². The number of benzene rings is 2. The van der Waals surface area contributed by atoms with Crippen molar-refractivity contribution in [1.29, 1.82) is 0 Å². The number of carbonyl (C=O) groups is 2. The Morgan fingerprint density at radius 1 is 0.800 bits per heavy atom. The summed E-state index contributed by atoms with van der Waals surface area (Å²) >= 11 is 0. The molecular formula is C35H43NO4. The van der Waals surface area contributed by atoms with Crippen molar-refractivity contribution in [2.24, 2.45) is 10.8 Å². The van der Waals surface area contributed by atoms with Crippen LogP contribution >= 0.6 is 0 Å². The van der Waals surface area contributed by atoms with Gasteiger partial charge in [0.25, 0.3) is 0 Å². The van der Waals surface area contributed by atoms with Crippen molar-refractivity contribution in [2.45, 2.75) is 86.7 Å². The first-order valence-electron chi connectivity index (χ1n) is 14.7. The van der Waals surface area contributed by atoms with E-state index in [4.69, 9.17) is 9.47 Å². The van der Waals surface area contributed by atoms with Gasteiger partial charge in [0.1, 0.15) is 6.61 Å². The van der Waals surface area contributed by atoms with Gasteiger partial charge in [-0.3, -0.25) is 9.59 Å². The summed E-state index contributed by atoms with van der Waals surface area (Å²) in [6.07, 6.45) is 2.61. The van der Waals surface area contributed by atoms with E-state index in [0.29, 0.717) is 37.6 Å². The first-order valence-corrected chi connectivity index (χ1v) is 14.7. The van der Waals surface area contributed by atoms with Gasteiger partial charge in [0.2, 0.25) is 0 Å². The molecule has 0 bridgehead atoms. The van der Waals surface area contributed by atoms with Crippen LogP contribution in [0.4, 0.5) is 0 Å². The second kappa shape index (κ2) is 10.6. The van der Waals surface area contributed by atoms with Crippen LogP contribution in [-0.4, -0.2) is 29.6 Å². The molecule has 0 aromatic heterocycles. The summed E-state index contributed by atoms with van der Waals surface area (Å²) in [5.74, 6) is 1.22. The number of carbonyl (C=O) groups excluding carboxylic acids is 2. The molecule has 5 nitrogen and oxygen atoms in total. The van der Waals surface area contributed by atoms with Crippen molar-refractivity contribution in [3.05, 3.63) is 81.7 Å². The molecule has 1 aliphatic heterocycles. The van der Waals surface area contributed by atoms with Gasteiger partial charge in [-0.1, -0.05) is 63.6 Å². The van der Waals surface area contributed by atoms with E-state index < -0.39 is 0 Å². The molecule has 0 saturated carbocycles. The molecule has 3 aliphatic rings. The summed E-state index contributed by atoms with van der Waals surface area (Å²) in [6.45, 7) is 16.5. The molecule has 5 rings (SSSR count). The molecule has 5 heteroatoms. The Bertz CT molecular complexity index is 1360. The predicted molar refractivity (Wildman–Crippen MR) is 158 cm³/mol. The number of aryl methyl sites for hydroxylation is 1. The number of allylic oxidation sites excluding steroid dienone is 4. The van der Waals surface area contributed by atoms with E-state index in [-0.39, 0.29) is 28.3 Å². The molecular weight excluding hydrogens is 498 g/mol. The smallest absolute Gasteiger partial charge is 0.162 e. The van der Waals surface area contributed by atoms with Crippen molar-refractivity contribution in [3.63, 3.8) is 0 Å². The average Bonchev–Trinajstić information content (AvgIpc) is 2.85. The molecule has 2 aromatic carbocycles. The normalized spacial score (nSPS) is 20.4. The van der Waals surface area contributed by atoms with Gasteiger partial charge >= 0.3 is 0 Å². The minimum atomic E-state index is -0.384. The van der Waals surface area contributed by atoms with Crippen molar-refractivity contribution < 1.29 is 19.1 Å². The van der Waals surface area contributed by atoms with E-state index in [0.717, 1.165) is 53.1 Å². The van der Waals surface area contributed by atoms with E-state index in [1.807, 2.05) is 31.2 Å². The molecule has 0 amide bonds. The van der Waals surface area contributed by atoms with Crippen LogP contribution in [0, 0.1) is 17.8 Å². The molecule has 0 spiro atoms. The number of nitrogens with zero attached hydrogens (tertiary/aromatic N) is 1. The number of hydrogen-bond acceptors (Lipinski definition) is 5. The van der Waals surface area contributed by atoms with Crippen LogP contribution in [0.25, 0.3) is 0 Å². The highest BCUT2D eigenvalue weighted by molar-refractivity contribution is 6.06. The molecule has 2 aliphatic carbocycles. The number of hydrogen-bond donors (Lipinski definition) is 0. The minimum absolute atomic E-state index is 0.121. The second-order valence-electron chi connectivity index (χ2n) is 13.2. The van der Waals surface area contributed by atoms with Crippen LogP contribution in [0.1, 0.15) is 89.8 Å². The first kappa shape index (κ1) is 28.2. The van der Waals surface area contributed by atoms with Crippen LogP contribution in [0.15, 0.2) is 65.0 Å². The minimum Gasteiger partial charge on any atom is -0.490 e. The highest BCUT2D eigenvalue weighted by Gasteiger charge is 2.48. The van der Waals surface area contributed by atoms with Crippen LogP contribution in [0.2, 0.25) is 0 Å². The Hall–Kier alpha value is -3.34. The largest absolute Gasteiger partial charge is 0.490 e. The number of rotatable bonds is 7. The lowest BCUT2D eigenvalue weighted by molar-refractivity contribution is -0.119. The number of Topliss-reactive ketones (excluding diaryl/α,β-unsaturated/α-hetero) is 2. The maximum atomic E-state index is 13.9. The summed E-state index contributed by atoms with van der Waals surface area (Å²) in [5.41, 5.74) is 6.74. The fourth-order valence-corrected chi connectivity index (χ4v) is 6.82. The Morgan fingerprint density at radius 2 is 1.43 bits per heavy atom. The zero-order valence-electron chi connectivity index (χ0n) is 25.1. The fourth-order valence-electron chi connectivity index (χ4n) is 6.82. The van der Waals surface area contributed by atoms with Crippen molar-refractivity contribution >= 4 is 11.6 Å². The molecule has 0 atom stereocenters. The fraction of sp³-hybridized carbons (Fsp3) is 0.486. The molecule has 0 fully saturated rings. The molecule has 2 aromatic rings. The Labute approximate surface area is 239 Å². The SMILES string of the molecule is CCOc1cc(C2C3=C(CC(C)(C)CC3=O)N(CC)C3=C2C(=O)CC(C)(C)C3)ccc1OCc1cccc(C)c1. The Balaban J connectivity index is 1.62. The van der Waals surface area contributed by atoms with Gasteiger partial charge < -0.3 is 14.4 Å². The highest BCUT2D eigenvalue weighted by Crippen LogP contribution is 2.54. The zero-order valence-corrected chi connectivity index (χ0v) is 25.1. The lowest BCUT2D eigenvalue weighted by atomic mass is 9.63. The highest BCUT2D eigenvalue weighted by atomic mass is 16.5. The molecule has 0 N–H and O–H groups in total. The third-order valence-electron chi connectivity index (χ3n) is 8.42.